The average molecular weight is 478 g/mol. The van der Waals surface area contributed by atoms with Crippen molar-refractivity contribution in [2.75, 3.05) is 19.7 Å². The maximum Gasteiger partial charge on any atom is 0.254 e. The van der Waals surface area contributed by atoms with Crippen LogP contribution in [0, 0.1) is 0 Å². The Kier molecular flexibility index (Phi) is 7.45. The third kappa shape index (κ3) is 5.31. The Morgan fingerprint density at radius 2 is 1.94 bits per heavy atom. The zero-order valence-electron chi connectivity index (χ0n) is 17.9. The van der Waals surface area contributed by atoms with Crippen molar-refractivity contribution < 1.29 is 17.9 Å². The summed E-state index contributed by atoms with van der Waals surface area (Å²) >= 11 is 6.24. The van der Waals surface area contributed by atoms with Gasteiger partial charge in [-0.25, -0.2) is 13.1 Å². The van der Waals surface area contributed by atoms with Crippen molar-refractivity contribution in [3.8, 4) is 0 Å². The SMILES string of the molecule is O=C(c1ccc(Cl)c(S(=O)(=O)NCC2CCCO2)c1)N1CCCCCC1c1ccncc1. The lowest BCUT2D eigenvalue weighted by Crippen LogP contribution is -2.35. The number of benzene rings is 1. The molecule has 1 aromatic heterocycles. The van der Waals surface area contributed by atoms with E-state index in [4.69, 9.17) is 16.3 Å². The van der Waals surface area contributed by atoms with E-state index < -0.39 is 10.0 Å². The summed E-state index contributed by atoms with van der Waals surface area (Å²) < 4.78 is 33.9. The summed E-state index contributed by atoms with van der Waals surface area (Å²) in [7, 11) is -3.88. The minimum atomic E-state index is -3.88. The number of hydrogen-bond donors (Lipinski definition) is 1. The Balaban J connectivity index is 1.59. The van der Waals surface area contributed by atoms with Gasteiger partial charge in [0.1, 0.15) is 4.90 Å². The van der Waals surface area contributed by atoms with Crippen LogP contribution in [0.4, 0.5) is 0 Å². The predicted molar refractivity (Wildman–Crippen MR) is 122 cm³/mol. The number of halogens is 1. The van der Waals surface area contributed by atoms with E-state index in [0.717, 1.165) is 44.1 Å². The predicted octanol–water partition coefficient (Wildman–Crippen LogP) is 3.95. The normalized spacial score (nSPS) is 22.0. The summed E-state index contributed by atoms with van der Waals surface area (Å²) in [6, 6.07) is 8.26. The van der Waals surface area contributed by atoms with E-state index >= 15 is 0 Å². The number of aromatic nitrogens is 1. The molecule has 0 radical (unpaired) electrons. The van der Waals surface area contributed by atoms with Crippen LogP contribution in [-0.4, -0.2) is 50.0 Å². The molecular formula is C23H28ClN3O4S. The molecule has 1 aromatic carbocycles. The first-order valence-electron chi connectivity index (χ1n) is 11.1. The van der Waals surface area contributed by atoms with Crippen molar-refractivity contribution in [1.29, 1.82) is 0 Å². The molecule has 2 unspecified atom stereocenters. The lowest BCUT2D eigenvalue weighted by atomic mass is 10.0. The largest absolute Gasteiger partial charge is 0.377 e. The fourth-order valence-electron chi connectivity index (χ4n) is 4.38. The Morgan fingerprint density at radius 1 is 1.12 bits per heavy atom. The number of carbonyl (C=O) groups excluding carboxylic acids is 1. The van der Waals surface area contributed by atoms with Crippen LogP contribution in [0.1, 0.15) is 60.5 Å². The molecule has 1 amide bonds. The highest BCUT2D eigenvalue weighted by Crippen LogP contribution is 2.32. The van der Waals surface area contributed by atoms with E-state index in [1.54, 1.807) is 18.5 Å². The van der Waals surface area contributed by atoms with Gasteiger partial charge in [0.05, 0.1) is 17.2 Å². The first-order chi connectivity index (χ1) is 15.5. The summed E-state index contributed by atoms with van der Waals surface area (Å²) in [5.74, 6) is -0.194. The average Bonchev–Trinajstić information content (AvgIpc) is 3.21. The molecule has 2 aromatic rings. The highest BCUT2D eigenvalue weighted by Gasteiger charge is 2.29. The van der Waals surface area contributed by atoms with Crippen LogP contribution in [0.3, 0.4) is 0 Å². The van der Waals surface area contributed by atoms with Crippen molar-refractivity contribution >= 4 is 27.5 Å². The quantitative estimate of drug-likeness (QED) is 0.680. The fraction of sp³-hybridized carbons (Fsp3) is 0.478. The highest BCUT2D eigenvalue weighted by atomic mass is 35.5. The van der Waals surface area contributed by atoms with Gasteiger partial charge in [-0.15, -0.1) is 0 Å². The van der Waals surface area contributed by atoms with E-state index in [2.05, 4.69) is 9.71 Å². The number of amides is 1. The maximum atomic E-state index is 13.5. The lowest BCUT2D eigenvalue weighted by Gasteiger charge is -2.30. The number of pyridine rings is 1. The van der Waals surface area contributed by atoms with Crippen molar-refractivity contribution in [3.63, 3.8) is 0 Å². The molecule has 1 N–H and O–H groups in total. The smallest absolute Gasteiger partial charge is 0.254 e. The van der Waals surface area contributed by atoms with Gasteiger partial charge in [-0.1, -0.05) is 24.4 Å². The molecule has 0 spiro atoms. The molecule has 2 saturated heterocycles. The van der Waals surface area contributed by atoms with Crippen LogP contribution in [0.5, 0.6) is 0 Å². The molecule has 2 fully saturated rings. The monoisotopic (exact) mass is 477 g/mol. The molecular weight excluding hydrogens is 450 g/mol. The fourth-order valence-corrected chi connectivity index (χ4v) is 5.97. The summed E-state index contributed by atoms with van der Waals surface area (Å²) in [5.41, 5.74) is 1.35. The molecule has 2 atom stereocenters. The van der Waals surface area contributed by atoms with E-state index in [-0.39, 0.29) is 34.5 Å². The Hall–Kier alpha value is -2.00. The summed E-state index contributed by atoms with van der Waals surface area (Å²) in [5, 5.41) is 0.0861. The molecule has 4 rings (SSSR count). The molecule has 0 bridgehead atoms. The molecule has 3 heterocycles. The van der Waals surface area contributed by atoms with Crippen LogP contribution in [0.15, 0.2) is 47.6 Å². The highest BCUT2D eigenvalue weighted by molar-refractivity contribution is 7.89. The number of hydrogen-bond acceptors (Lipinski definition) is 5. The number of ether oxygens (including phenoxy) is 1. The molecule has 32 heavy (non-hydrogen) atoms. The van der Waals surface area contributed by atoms with Crippen LogP contribution in [0.2, 0.25) is 5.02 Å². The third-order valence-electron chi connectivity index (χ3n) is 6.10. The van der Waals surface area contributed by atoms with E-state index in [9.17, 15) is 13.2 Å². The maximum absolute atomic E-state index is 13.5. The van der Waals surface area contributed by atoms with Gasteiger partial charge in [0, 0.05) is 37.7 Å². The second-order valence-corrected chi connectivity index (χ2v) is 10.4. The first kappa shape index (κ1) is 23.2. The van der Waals surface area contributed by atoms with Crippen LogP contribution in [-0.2, 0) is 14.8 Å². The van der Waals surface area contributed by atoms with Crippen molar-refractivity contribution in [3.05, 3.63) is 58.9 Å². The van der Waals surface area contributed by atoms with Gasteiger partial charge in [-0.05, 0) is 61.6 Å². The number of likely N-dealkylation sites (tertiary alicyclic amines) is 1. The van der Waals surface area contributed by atoms with Gasteiger partial charge < -0.3 is 9.64 Å². The Labute approximate surface area is 194 Å². The third-order valence-corrected chi connectivity index (χ3v) is 8.00. The molecule has 2 aliphatic heterocycles. The molecule has 7 nitrogen and oxygen atoms in total. The van der Waals surface area contributed by atoms with Gasteiger partial charge in [-0.3, -0.25) is 9.78 Å². The minimum absolute atomic E-state index is 0.0682. The second-order valence-electron chi connectivity index (χ2n) is 8.28. The Bertz CT molecular complexity index is 1040. The molecule has 9 heteroatoms. The summed E-state index contributed by atoms with van der Waals surface area (Å²) in [4.78, 5) is 19.4. The lowest BCUT2D eigenvalue weighted by molar-refractivity contribution is 0.0680. The summed E-state index contributed by atoms with van der Waals surface area (Å²) in [6.45, 7) is 1.45. The number of nitrogens with zero attached hydrogens (tertiary/aromatic N) is 2. The van der Waals surface area contributed by atoms with Crippen molar-refractivity contribution in [2.45, 2.75) is 55.6 Å². The molecule has 0 saturated carbocycles. The van der Waals surface area contributed by atoms with Crippen LogP contribution >= 0.6 is 11.6 Å². The number of sulfonamides is 1. The number of carbonyl (C=O) groups is 1. The molecule has 172 valence electrons. The van der Waals surface area contributed by atoms with E-state index in [1.165, 1.54) is 12.1 Å². The topological polar surface area (TPSA) is 88.6 Å². The Morgan fingerprint density at radius 3 is 2.69 bits per heavy atom. The first-order valence-corrected chi connectivity index (χ1v) is 12.9. The number of nitrogens with one attached hydrogen (secondary N) is 1. The van der Waals surface area contributed by atoms with Crippen molar-refractivity contribution in [2.24, 2.45) is 0 Å². The standard InChI is InChI=1S/C23H28ClN3O4S/c24-20-8-7-18(15-22(20)32(29,30)26-16-19-5-4-14-31-19)23(28)27-13-3-1-2-6-21(27)17-9-11-25-12-10-17/h7-12,15,19,21,26H,1-6,13-14,16H2. The van der Waals surface area contributed by atoms with Gasteiger partial charge in [0.25, 0.3) is 5.91 Å². The summed E-state index contributed by atoms with van der Waals surface area (Å²) in [6.07, 6.45) is 8.93. The van der Waals surface area contributed by atoms with Gasteiger partial charge >= 0.3 is 0 Å². The zero-order chi connectivity index (χ0) is 22.6. The molecule has 0 aliphatic carbocycles. The van der Waals surface area contributed by atoms with Gasteiger partial charge in [0.2, 0.25) is 10.0 Å². The van der Waals surface area contributed by atoms with Gasteiger partial charge in [-0.2, -0.15) is 0 Å². The van der Waals surface area contributed by atoms with Crippen LogP contribution in [0.25, 0.3) is 0 Å². The zero-order valence-corrected chi connectivity index (χ0v) is 19.4. The minimum Gasteiger partial charge on any atom is -0.377 e. The van der Waals surface area contributed by atoms with Crippen molar-refractivity contribution in [1.82, 2.24) is 14.6 Å². The second kappa shape index (κ2) is 10.3. The number of rotatable bonds is 6. The van der Waals surface area contributed by atoms with E-state index in [1.807, 2.05) is 17.0 Å². The molecule has 2 aliphatic rings. The van der Waals surface area contributed by atoms with Crippen LogP contribution < -0.4 is 4.72 Å². The van der Waals surface area contributed by atoms with E-state index in [0.29, 0.717) is 18.7 Å². The van der Waals surface area contributed by atoms with Gasteiger partial charge in [0.15, 0.2) is 0 Å².